The molecule has 0 fully saturated rings. The number of imide groups is 1. The Morgan fingerprint density at radius 3 is 2.15 bits per heavy atom. The fourth-order valence-corrected chi connectivity index (χ4v) is 4.14. The highest BCUT2D eigenvalue weighted by atomic mass is 16.3. The zero-order valence-corrected chi connectivity index (χ0v) is 23.5. The molecule has 2 rings (SSSR count). The Morgan fingerprint density at radius 1 is 0.902 bits per heavy atom. The molecular weight excluding hydrogens is 532 g/mol. The van der Waals surface area contributed by atoms with E-state index in [1.165, 1.54) is 12.2 Å². The van der Waals surface area contributed by atoms with E-state index in [0.717, 1.165) is 4.90 Å². The molecular formula is C28H40N6O7. The summed E-state index contributed by atoms with van der Waals surface area (Å²) in [6.07, 6.45) is 4.85. The van der Waals surface area contributed by atoms with Gasteiger partial charge in [-0.3, -0.25) is 28.9 Å². The van der Waals surface area contributed by atoms with E-state index in [1.807, 2.05) is 0 Å². The molecule has 0 bridgehead atoms. The maximum Gasteiger partial charge on any atom is 0.312 e. The van der Waals surface area contributed by atoms with Gasteiger partial charge in [0.05, 0.1) is 6.61 Å². The van der Waals surface area contributed by atoms with Crippen molar-refractivity contribution in [3.8, 4) is 0 Å². The minimum atomic E-state index is -0.960. The molecule has 0 unspecified atom stereocenters. The van der Waals surface area contributed by atoms with Crippen molar-refractivity contribution >= 4 is 41.3 Å². The lowest BCUT2D eigenvalue weighted by atomic mass is 10.0. The Morgan fingerprint density at radius 2 is 1.56 bits per heavy atom. The molecule has 1 aromatic rings. The Bertz CT molecular complexity index is 1100. The summed E-state index contributed by atoms with van der Waals surface area (Å²) in [5, 5.41) is 19.9. The summed E-state index contributed by atoms with van der Waals surface area (Å²) < 4.78 is 0. The third-order valence-electron chi connectivity index (χ3n) is 6.46. The maximum atomic E-state index is 13.2. The van der Waals surface area contributed by atoms with Crippen molar-refractivity contribution in [3.63, 3.8) is 0 Å². The van der Waals surface area contributed by atoms with Crippen LogP contribution in [-0.4, -0.2) is 70.7 Å². The van der Waals surface area contributed by atoms with Crippen LogP contribution in [0.4, 0.5) is 10.5 Å². The number of hydrogen-bond donors (Lipinski definition) is 6. The van der Waals surface area contributed by atoms with Gasteiger partial charge < -0.3 is 32.1 Å². The van der Waals surface area contributed by atoms with Crippen molar-refractivity contribution in [2.45, 2.75) is 71.1 Å². The van der Waals surface area contributed by atoms with Gasteiger partial charge in [0.2, 0.25) is 17.7 Å². The Hall–Kier alpha value is -4.26. The number of urea groups is 1. The minimum Gasteiger partial charge on any atom is -0.392 e. The zero-order valence-electron chi connectivity index (χ0n) is 23.5. The molecule has 13 heteroatoms. The van der Waals surface area contributed by atoms with Crippen LogP contribution in [0, 0.1) is 5.92 Å². The fourth-order valence-electron chi connectivity index (χ4n) is 4.14. The molecule has 41 heavy (non-hydrogen) atoms. The number of rotatable bonds is 17. The van der Waals surface area contributed by atoms with Crippen LogP contribution >= 0.6 is 0 Å². The minimum absolute atomic E-state index is 0.138. The molecule has 2 atom stereocenters. The standard InChI is InChI=1S/C28H40N6O7/c1-18(2)25(33-22(36)8-4-3-5-16-34-23(37)13-14-24(34)38)27(40)32-21(7-6-15-30-28(29)41)26(39)31-20-11-9-19(17-35)10-12-20/h9-14,18,21,25,35H,3-8,15-17H2,1-2H3,(H,31,39)(H,32,40)(H,33,36)(H3,29,30,41)/t21-,25-/m1/s1. The smallest absolute Gasteiger partial charge is 0.312 e. The van der Waals surface area contributed by atoms with E-state index in [1.54, 1.807) is 38.1 Å². The Labute approximate surface area is 239 Å². The predicted octanol–water partition coefficient (Wildman–Crippen LogP) is 0.677. The third-order valence-corrected chi connectivity index (χ3v) is 6.46. The van der Waals surface area contributed by atoms with E-state index in [9.17, 15) is 33.9 Å². The van der Waals surface area contributed by atoms with Crippen molar-refractivity contribution in [2.24, 2.45) is 11.7 Å². The van der Waals surface area contributed by atoms with Crippen LogP contribution in [-0.2, 0) is 30.6 Å². The van der Waals surface area contributed by atoms with Crippen LogP contribution in [0.25, 0.3) is 0 Å². The number of benzene rings is 1. The predicted molar refractivity (Wildman–Crippen MR) is 151 cm³/mol. The molecule has 0 saturated carbocycles. The van der Waals surface area contributed by atoms with Crippen LogP contribution in [0.15, 0.2) is 36.4 Å². The topological polar surface area (TPSA) is 200 Å². The monoisotopic (exact) mass is 572 g/mol. The summed E-state index contributed by atoms with van der Waals surface area (Å²) in [4.78, 5) is 74.2. The molecule has 1 aliphatic rings. The lowest BCUT2D eigenvalue weighted by molar-refractivity contribution is -0.137. The quantitative estimate of drug-likeness (QED) is 0.116. The van der Waals surface area contributed by atoms with Gasteiger partial charge in [-0.25, -0.2) is 4.79 Å². The number of aliphatic hydroxyl groups is 1. The van der Waals surface area contributed by atoms with E-state index in [0.29, 0.717) is 36.9 Å². The number of unbranched alkanes of at least 4 members (excludes halogenated alkanes) is 2. The molecule has 0 spiro atoms. The van der Waals surface area contributed by atoms with E-state index >= 15 is 0 Å². The molecule has 0 aromatic heterocycles. The molecule has 1 aliphatic heterocycles. The molecule has 13 nitrogen and oxygen atoms in total. The fraction of sp³-hybridized carbons (Fsp3) is 0.500. The normalized spacial score (nSPS) is 14.1. The molecule has 224 valence electrons. The summed E-state index contributed by atoms with van der Waals surface area (Å²) in [6.45, 7) is 3.91. The zero-order chi connectivity index (χ0) is 30.4. The number of amides is 7. The number of primary amides is 1. The summed E-state index contributed by atoms with van der Waals surface area (Å²) in [7, 11) is 0. The van der Waals surface area contributed by atoms with E-state index in [2.05, 4.69) is 21.3 Å². The number of carbonyl (C=O) groups is 6. The highest BCUT2D eigenvalue weighted by molar-refractivity contribution is 6.12. The first-order valence-corrected chi connectivity index (χ1v) is 13.7. The van der Waals surface area contributed by atoms with Crippen molar-refractivity contribution in [3.05, 3.63) is 42.0 Å². The first-order chi connectivity index (χ1) is 19.5. The first-order valence-electron chi connectivity index (χ1n) is 13.7. The number of nitrogens with one attached hydrogen (secondary N) is 4. The largest absolute Gasteiger partial charge is 0.392 e. The van der Waals surface area contributed by atoms with E-state index < -0.39 is 29.9 Å². The Balaban J connectivity index is 1.92. The van der Waals surface area contributed by atoms with Crippen LogP contribution in [0.2, 0.25) is 0 Å². The number of aliphatic hydroxyl groups excluding tert-OH is 1. The number of carbonyl (C=O) groups excluding carboxylic acids is 6. The number of anilines is 1. The third kappa shape index (κ3) is 11.4. The number of nitrogens with two attached hydrogens (primary N) is 1. The molecule has 7 N–H and O–H groups in total. The summed E-state index contributed by atoms with van der Waals surface area (Å²) in [5.41, 5.74) is 6.25. The molecule has 0 radical (unpaired) electrons. The molecule has 7 amide bonds. The number of hydrogen-bond acceptors (Lipinski definition) is 7. The maximum absolute atomic E-state index is 13.2. The van der Waals surface area contributed by atoms with Crippen molar-refractivity contribution in [1.29, 1.82) is 0 Å². The van der Waals surface area contributed by atoms with Gasteiger partial charge in [0.1, 0.15) is 12.1 Å². The van der Waals surface area contributed by atoms with Crippen molar-refractivity contribution in [2.75, 3.05) is 18.4 Å². The van der Waals surface area contributed by atoms with Gasteiger partial charge >= 0.3 is 6.03 Å². The summed E-state index contributed by atoms with van der Waals surface area (Å²) in [5.74, 6) is -2.28. The first kappa shape index (κ1) is 32.9. The Kier molecular flexibility index (Phi) is 13.5. The van der Waals surface area contributed by atoms with Gasteiger partial charge in [-0.1, -0.05) is 32.4 Å². The molecule has 1 aromatic carbocycles. The van der Waals surface area contributed by atoms with Gasteiger partial charge in [-0.2, -0.15) is 0 Å². The van der Waals surface area contributed by atoms with Crippen molar-refractivity contribution in [1.82, 2.24) is 20.9 Å². The van der Waals surface area contributed by atoms with E-state index in [4.69, 9.17) is 5.73 Å². The van der Waals surface area contributed by atoms with Gasteiger partial charge in [0, 0.05) is 37.3 Å². The average molecular weight is 573 g/mol. The lowest BCUT2D eigenvalue weighted by Gasteiger charge is -2.25. The van der Waals surface area contributed by atoms with Gasteiger partial charge in [-0.05, 0) is 49.3 Å². The molecule has 1 heterocycles. The average Bonchev–Trinajstić information content (AvgIpc) is 3.25. The van der Waals surface area contributed by atoms with Crippen LogP contribution < -0.4 is 27.0 Å². The van der Waals surface area contributed by atoms with Gasteiger partial charge in [0.15, 0.2) is 0 Å². The summed E-state index contributed by atoms with van der Waals surface area (Å²) >= 11 is 0. The summed E-state index contributed by atoms with van der Waals surface area (Å²) in [6, 6.07) is 4.03. The molecule has 0 saturated heterocycles. The van der Waals surface area contributed by atoms with E-state index in [-0.39, 0.29) is 56.2 Å². The second-order valence-corrected chi connectivity index (χ2v) is 10.1. The highest BCUT2D eigenvalue weighted by Crippen LogP contribution is 2.12. The number of nitrogens with zero attached hydrogens (tertiary/aromatic N) is 1. The van der Waals surface area contributed by atoms with Crippen molar-refractivity contribution < 1.29 is 33.9 Å². The van der Waals surface area contributed by atoms with Gasteiger partial charge in [0.25, 0.3) is 11.8 Å². The van der Waals surface area contributed by atoms with Crippen LogP contribution in [0.1, 0.15) is 57.9 Å². The lowest BCUT2D eigenvalue weighted by Crippen LogP contribution is -2.54. The molecule has 0 aliphatic carbocycles. The van der Waals surface area contributed by atoms with Crippen LogP contribution in [0.3, 0.4) is 0 Å². The second-order valence-electron chi connectivity index (χ2n) is 10.1. The highest BCUT2D eigenvalue weighted by Gasteiger charge is 2.29. The van der Waals surface area contributed by atoms with Crippen LogP contribution in [0.5, 0.6) is 0 Å². The van der Waals surface area contributed by atoms with Gasteiger partial charge in [-0.15, -0.1) is 0 Å². The second kappa shape index (κ2) is 16.8. The SMILES string of the molecule is CC(C)[C@@H](NC(=O)CCCCCN1C(=O)C=CC1=O)C(=O)N[C@H](CCCNC(N)=O)C(=O)Nc1ccc(CO)cc1.